The monoisotopic (exact) mass is 206 g/mol. The zero-order valence-corrected chi connectivity index (χ0v) is 9.40. The van der Waals surface area contributed by atoms with Gasteiger partial charge in [-0.1, -0.05) is 13.8 Å². The lowest BCUT2D eigenvalue weighted by molar-refractivity contribution is 0.998. The summed E-state index contributed by atoms with van der Waals surface area (Å²) >= 11 is 1.71. The molecule has 0 unspecified atom stereocenters. The third-order valence-electron chi connectivity index (χ3n) is 1.85. The number of thioether (sulfide) groups is 1. The molecule has 0 N–H and O–H groups in total. The molecule has 0 saturated heterocycles. The summed E-state index contributed by atoms with van der Waals surface area (Å²) in [5.74, 6) is 1.04. The van der Waals surface area contributed by atoms with Gasteiger partial charge in [-0.05, 0) is 30.7 Å². The van der Waals surface area contributed by atoms with E-state index in [4.69, 9.17) is 5.26 Å². The molecule has 1 rings (SSSR count). The van der Waals surface area contributed by atoms with Crippen molar-refractivity contribution < 1.29 is 0 Å². The lowest BCUT2D eigenvalue weighted by atomic mass is 10.2. The Kier molecular flexibility index (Phi) is 4.48. The fraction of sp³-hybridized carbons (Fsp3) is 0.455. The number of hydrogen-bond acceptors (Lipinski definition) is 3. The minimum Gasteiger partial charge on any atom is -0.241 e. The molecule has 74 valence electrons. The molecule has 0 atom stereocenters. The molecule has 0 aromatic carbocycles. The van der Waals surface area contributed by atoms with Crippen LogP contribution in [0.3, 0.4) is 0 Å². The van der Waals surface area contributed by atoms with Crippen LogP contribution < -0.4 is 0 Å². The van der Waals surface area contributed by atoms with E-state index < -0.39 is 0 Å². The van der Waals surface area contributed by atoms with Crippen molar-refractivity contribution in [1.82, 2.24) is 4.98 Å². The maximum Gasteiger partial charge on any atom is 0.154 e. The van der Waals surface area contributed by atoms with E-state index in [1.165, 1.54) is 0 Å². The molecule has 0 fully saturated rings. The molecule has 1 heterocycles. The van der Waals surface area contributed by atoms with E-state index in [1.54, 1.807) is 11.8 Å². The van der Waals surface area contributed by atoms with Crippen molar-refractivity contribution in [3.05, 3.63) is 23.5 Å². The SMILES string of the molecule is CCCSc1ccc(CC)nc1C#N. The van der Waals surface area contributed by atoms with Gasteiger partial charge in [-0.15, -0.1) is 11.8 Å². The largest absolute Gasteiger partial charge is 0.241 e. The number of rotatable bonds is 4. The van der Waals surface area contributed by atoms with Crippen molar-refractivity contribution in [2.45, 2.75) is 31.6 Å². The van der Waals surface area contributed by atoms with Gasteiger partial charge in [-0.3, -0.25) is 0 Å². The molecule has 0 spiro atoms. The molecule has 0 amide bonds. The molecule has 0 saturated carbocycles. The highest BCUT2D eigenvalue weighted by atomic mass is 32.2. The van der Waals surface area contributed by atoms with Crippen molar-refractivity contribution in [3.8, 4) is 6.07 Å². The van der Waals surface area contributed by atoms with Crippen LogP contribution in [-0.2, 0) is 6.42 Å². The molecule has 1 aromatic heterocycles. The van der Waals surface area contributed by atoms with E-state index in [-0.39, 0.29) is 0 Å². The van der Waals surface area contributed by atoms with Crippen LogP contribution in [0.2, 0.25) is 0 Å². The molecule has 0 bridgehead atoms. The van der Waals surface area contributed by atoms with Crippen LogP contribution >= 0.6 is 11.8 Å². The number of nitrogens with zero attached hydrogens (tertiary/aromatic N) is 2. The molecular formula is C11H14N2S. The number of hydrogen-bond donors (Lipinski definition) is 0. The van der Waals surface area contributed by atoms with E-state index in [0.29, 0.717) is 5.69 Å². The van der Waals surface area contributed by atoms with Gasteiger partial charge in [0.05, 0.1) is 0 Å². The average Bonchev–Trinajstić information content (AvgIpc) is 2.26. The first-order valence-corrected chi connectivity index (χ1v) is 5.83. The first-order valence-electron chi connectivity index (χ1n) is 4.84. The number of aromatic nitrogens is 1. The van der Waals surface area contributed by atoms with Gasteiger partial charge in [-0.2, -0.15) is 5.26 Å². The number of pyridine rings is 1. The summed E-state index contributed by atoms with van der Waals surface area (Å²) in [4.78, 5) is 5.29. The van der Waals surface area contributed by atoms with Crippen molar-refractivity contribution in [3.63, 3.8) is 0 Å². The Morgan fingerprint density at radius 2 is 2.21 bits per heavy atom. The second-order valence-electron chi connectivity index (χ2n) is 2.96. The van der Waals surface area contributed by atoms with Gasteiger partial charge in [0.25, 0.3) is 0 Å². The molecular weight excluding hydrogens is 192 g/mol. The summed E-state index contributed by atoms with van der Waals surface area (Å²) in [6.07, 6.45) is 2.00. The fourth-order valence-corrected chi connectivity index (χ4v) is 1.91. The molecule has 1 aromatic rings. The summed E-state index contributed by atoms with van der Waals surface area (Å²) in [6.45, 7) is 4.18. The zero-order chi connectivity index (χ0) is 10.4. The van der Waals surface area contributed by atoms with Crippen LogP contribution in [0.15, 0.2) is 17.0 Å². The summed E-state index contributed by atoms with van der Waals surface area (Å²) in [5.41, 5.74) is 1.56. The number of aryl methyl sites for hydroxylation is 1. The molecule has 0 aliphatic heterocycles. The Bertz CT molecular complexity index is 342. The Hall–Kier alpha value is -1.01. The van der Waals surface area contributed by atoms with Crippen LogP contribution in [0.25, 0.3) is 0 Å². The fourth-order valence-electron chi connectivity index (χ4n) is 1.09. The van der Waals surface area contributed by atoms with Crippen molar-refractivity contribution in [1.29, 1.82) is 5.26 Å². The lowest BCUT2D eigenvalue weighted by Gasteiger charge is -2.03. The second kappa shape index (κ2) is 5.66. The van der Waals surface area contributed by atoms with E-state index in [1.807, 2.05) is 19.1 Å². The summed E-state index contributed by atoms with van der Waals surface area (Å²) in [5, 5.41) is 8.91. The van der Waals surface area contributed by atoms with Crippen LogP contribution in [-0.4, -0.2) is 10.7 Å². The third kappa shape index (κ3) is 2.74. The Balaban J connectivity index is 2.89. The summed E-state index contributed by atoms with van der Waals surface area (Å²) in [7, 11) is 0. The molecule has 3 heteroatoms. The van der Waals surface area contributed by atoms with Crippen molar-refractivity contribution in [2.24, 2.45) is 0 Å². The van der Waals surface area contributed by atoms with Crippen LogP contribution in [0.5, 0.6) is 0 Å². The van der Waals surface area contributed by atoms with Gasteiger partial charge in [0.1, 0.15) is 6.07 Å². The molecule has 2 nitrogen and oxygen atoms in total. The Morgan fingerprint density at radius 3 is 2.79 bits per heavy atom. The molecule has 0 aliphatic rings. The predicted octanol–water partition coefficient (Wildman–Crippen LogP) is 3.02. The minimum absolute atomic E-state index is 0.572. The van der Waals surface area contributed by atoms with Crippen molar-refractivity contribution >= 4 is 11.8 Å². The van der Waals surface area contributed by atoms with E-state index in [0.717, 1.165) is 29.2 Å². The van der Waals surface area contributed by atoms with Crippen LogP contribution in [0.1, 0.15) is 31.7 Å². The smallest absolute Gasteiger partial charge is 0.154 e. The Morgan fingerprint density at radius 1 is 1.43 bits per heavy atom. The average molecular weight is 206 g/mol. The second-order valence-corrected chi connectivity index (χ2v) is 4.10. The Labute approximate surface area is 89.4 Å². The standard InChI is InChI=1S/C11H14N2S/c1-3-7-14-11-6-5-9(4-2)13-10(11)8-12/h5-6H,3-4,7H2,1-2H3. The summed E-state index contributed by atoms with van der Waals surface area (Å²) in [6, 6.07) is 6.15. The van der Waals surface area contributed by atoms with Gasteiger partial charge in [0.15, 0.2) is 5.69 Å². The summed E-state index contributed by atoms with van der Waals surface area (Å²) < 4.78 is 0. The number of nitriles is 1. The molecule has 14 heavy (non-hydrogen) atoms. The van der Waals surface area contributed by atoms with Gasteiger partial charge in [0.2, 0.25) is 0 Å². The molecule has 0 aliphatic carbocycles. The van der Waals surface area contributed by atoms with E-state index in [2.05, 4.69) is 18.0 Å². The van der Waals surface area contributed by atoms with Gasteiger partial charge < -0.3 is 0 Å². The normalized spacial score (nSPS) is 9.79. The third-order valence-corrected chi connectivity index (χ3v) is 3.10. The van der Waals surface area contributed by atoms with Crippen LogP contribution in [0, 0.1) is 11.3 Å². The lowest BCUT2D eigenvalue weighted by Crippen LogP contribution is -1.93. The molecule has 0 radical (unpaired) electrons. The van der Waals surface area contributed by atoms with Gasteiger partial charge >= 0.3 is 0 Å². The van der Waals surface area contributed by atoms with Crippen molar-refractivity contribution in [2.75, 3.05) is 5.75 Å². The predicted molar refractivity (Wildman–Crippen MR) is 59.3 cm³/mol. The highest BCUT2D eigenvalue weighted by molar-refractivity contribution is 7.99. The highest BCUT2D eigenvalue weighted by Gasteiger charge is 2.04. The van der Waals surface area contributed by atoms with E-state index in [9.17, 15) is 0 Å². The van der Waals surface area contributed by atoms with E-state index >= 15 is 0 Å². The topological polar surface area (TPSA) is 36.7 Å². The highest BCUT2D eigenvalue weighted by Crippen LogP contribution is 2.21. The zero-order valence-electron chi connectivity index (χ0n) is 8.58. The van der Waals surface area contributed by atoms with Gasteiger partial charge in [-0.25, -0.2) is 4.98 Å². The first-order chi connectivity index (χ1) is 6.81. The quantitative estimate of drug-likeness (QED) is 0.710. The first kappa shape index (κ1) is 11.1. The van der Waals surface area contributed by atoms with Gasteiger partial charge in [0, 0.05) is 10.6 Å². The van der Waals surface area contributed by atoms with Crippen LogP contribution in [0.4, 0.5) is 0 Å². The maximum absolute atomic E-state index is 8.91. The minimum atomic E-state index is 0.572. The maximum atomic E-state index is 8.91.